The Labute approximate surface area is 160 Å². The molecule has 0 aromatic heterocycles. The zero-order valence-electron chi connectivity index (χ0n) is 14.9. The van der Waals surface area contributed by atoms with E-state index in [1.54, 1.807) is 7.11 Å². The van der Waals surface area contributed by atoms with E-state index in [1.807, 2.05) is 42.5 Å². The van der Waals surface area contributed by atoms with E-state index in [4.69, 9.17) is 4.74 Å². The van der Waals surface area contributed by atoms with Crippen molar-refractivity contribution < 1.29 is 14.3 Å². The molecule has 2 amide bonds. The normalized spacial score (nSPS) is 10.2. The summed E-state index contributed by atoms with van der Waals surface area (Å²) in [5, 5.41) is 10.7. The van der Waals surface area contributed by atoms with Gasteiger partial charge in [0, 0.05) is 26.7 Å². The van der Waals surface area contributed by atoms with Crippen molar-refractivity contribution >= 4 is 35.0 Å². The first-order valence-corrected chi connectivity index (χ1v) is 8.40. The molecule has 0 heterocycles. The van der Waals surface area contributed by atoms with E-state index in [1.165, 1.54) is 0 Å². The number of hydrogen-bond donors (Lipinski definition) is 3. The number of hydrogen-bond acceptors (Lipinski definition) is 4. The summed E-state index contributed by atoms with van der Waals surface area (Å²) in [6.45, 7) is 2.55. The summed E-state index contributed by atoms with van der Waals surface area (Å²) in [6, 6.07) is 13.8. The van der Waals surface area contributed by atoms with Gasteiger partial charge < -0.3 is 20.7 Å². The van der Waals surface area contributed by atoms with Crippen molar-refractivity contribution in [2.24, 2.45) is 0 Å². The number of fused-ring (bicyclic) bond motifs is 1. The summed E-state index contributed by atoms with van der Waals surface area (Å²) in [6.07, 6.45) is 0.257. The van der Waals surface area contributed by atoms with Crippen LogP contribution in [0.4, 0.5) is 0 Å². The number of ether oxygens (including phenoxy) is 1. The third kappa shape index (κ3) is 7.39. The molecule has 0 fully saturated rings. The average molecular weight is 380 g/mol. The zero-order chi connectivity index (χ0) is 17.9. The van der Waals surface area contributed by atoms with Crippen LogP contribution in [-0.4, -0.2) is 51.7 Å². The van der Waals surface area contributed by atoms with Gasteiger partial charge in [0.25, 0.3) is 0 Å². The van der Waals surface area contributed by atoms with E-state index in [0.29, 0.717) is 19.7 Å². The number of nitrogens with one attached hydrogen (secondary N) is 3. The number of halogens is 1. The molecule has 0 aliphatic rings. The number of carbonyl (C=O) groups is 2. The molecule has 0 saturated carbocycles. The van der Waals surface area contributed by atoms with Crippen LogP contribution >= 0.6 is 12.4 Å². The fourth-order valence-electron chi connectivity index (χ4n) is 2.51. The first-order chi connectivity index (χ1) is 12.2. The van der Waals surface area contributed by atoms with Crippen molar-refractivity contribution in [3.8, 4) is 0 Å². The summed E-state index contributed by atoms with van der Waals surface area (Å²) in [5.41, 5.74) is 0.957. The zero-order valence-corrected chi connectivity index (χ0v) is 15.7. The Bertz CT molecular complexity index is 704. The molecule has 2 aromatic rings. The van der Waals surface area contributed by atoms with E-state index >= 15 is 0 Å². The van der Waals surface area contributed by atoms with E-state index < -0.39 is 0 Å². The molecule has 0 radical (unpaired) electrons. The van der Waals surface area contributed by atoms with Gasteiger partial charge in [-0.25, -0.2) is 0 Å². The van der Waals surface area contributed by atoms with Gasteiger partial charge in [0.15, 0.2) is 0 Å². The minimum Gasteiger partial charge on any atom is -0.383 e. The van der Waals surface area contributed by atoms with Gasteiger partial charge in [-0.3, -0.25) is 9.59 Å². The lowest BCUT2D eigenvalue weighted by Crippen LogP contribution is -2.40. The SMILES string of the molecule is COCCNCCNC(=O)CNC(=O)Cc1cccc2ccccc12.Cl. The largest absolute Gasteiger partial charge is 0.383 e. The summed E-state index contributed by atoms with van der Waals surface area (Å²) in [5.74, 6) is -0.357. The van der Waals surface area contributed by atoms with Crippen LogP contribution in [0.25, 0.3) is 10.8 Å². The summed E-state index contributed by atoms with van der Waals surface area (Å²) < 4.78 is 4.91. The van der Waals surface area contributed by atoms with E-state index in [2.05, 4.69) is 16.0 Å². The van der Waals surface area contributed by atoms with Crippen LogP contribution in [0.5, 0.6) is 0 Å². The molecule has 0 unspecified atom stereocenters. The fraction of sp³-hybridized carbons (Fsp3) is 0.368. The molecule has 6 nitrogen and oxygen atoms in total. The molecule has 0 aliphatic carbocycles. The standard InChI is InChI=1S/C19H25N3O3.ClH/c1-25-12-11-20-9-10-21-19(24)14-22-18(23)13-16-7-4-6-15-5-2-3-8-17(15)16;/h2-8,20H,9-14H2,1H3,(H,21,24)(H,22,23);1H. The molecule has 2 aromatic carbocycles. The van der Waals surface area contributed by atoms with Crippen LogP contribution < -0.4 is 16.0 Å². The van der Waals surface area contributed by atoms with Gasteiger partial charge >= 0.3 is 0 Å². The Morgan fingerprint density at radius 1 is 0.923 bits per heavy atom. The summed E-state index contributed by atoms with van der Waals surface area (Å²) >= 11 is 0. The monoisotopic (exact) mass is 379 g/mol. The lowest BCUT2D eigenvalue weighted by atomic mass is 10.0. The maximum Gasteiger partial charge on any atom is 0.239 e. The van der Waals surface area contributed by atoms with Crippen molar-refractivity contribution in [3.05, 3.63) is 48.0 Å². The van der Waals surface area contributed by atoms with E-state index in [-0.39, 0.29) is 37.2 Å². The molecule has 0 spiro atoms. The molecule has 3 N–H and O–H groups in total. The minimum absolute atomic E-state index is 0. The van der Waals surface area contributed by atoms with Gasteiger partial charge in [-0.1, -0.05) is 42.5 Å². The second-order valence-corrected chi connectivity index (χ2v) is 5.68. The van der Waals surface area contributed by atoms with Crippen LogP contribution in [0.1, 0.15) is 5.56 Å². The first-order valence-electron chi connectivity index (χ1n) is 8.40. The maximum absolute atomic E-state index is 12.1. The Kier molecular flexibility index (Phi) is 10.3. The summed E-state index contributed by atoms with van der Waals surface area (Å²) in [7, 11) is 1.64. The highest BCUT2D eigenvalue weighted by atomic mass is 35.5. The third-order valence-corrected chi connectivity index (χ3v) is 3.78. The first kappa shape index (κ1) is 21.9. The van der Waals surface area contributed by atoms with Crippen LogP contribution in [0.2, 0.25) is 0 Å². The molecule has 0 bridgehead atoms. The number of amides is 2. The second-order valence-electron chi connectivity index (χ2n) is 5.68. The van der Waals surface area contributed by atoms with Gasteiger partial charge in [0.2, 0.25) is 11.8 Å². The highest BCUT2D eigenvalue weighted by Crippen LogP contribution is 2.18. The average Bonchev–Trinajstić information content (AvgIpc) is 2.63. The number of carbonyl (C=O) groups excluding carboxylic acids is 2. The fourth-order valence-corrected chi connectivity index (χ4v) is 2.51. The van der Waals surface area contributed by atoms with Crippen LogP contribution in [0, 0.1) is 0 Å². The van der Waals surface area contributed by atoms with E-state index in [9.17, 15) is 9.59 Å². The van der Waals surface area contributed by atoms with Crippen LogP contribution in [-0.2, 0) is 20.7 Å². The van der Waals surface area contributed by atoms with Gasteiger partial charge in [-0.15, -0.1) is 12.4 Å². The summed E-state index contributed by atoms with van der Waals surface area (Å²) in [4.78, 5) is 23.8. The molecule has 0 atom stereocenters. The van der Waals surface area contributed by atoms with Crippen molar-refractivity contribution in [2.45, 2.75) is 6.42 Å². The highest BCUT2D eigenvalue weighted by molar-refractivity contribution is 5.91. The van der Waals surface area contributed by atoms with Gasteiger partial charge in [0.1, 0.15) is 0 Å². The lowest BCUT2D eigenvalue weighted by molar-refractivity contribution is -0.125. The van der Waals surface area contributed by atoms with Crippen molar-refractivity contribution in [3.63, 3.8) is 0 Å². The van der Waals surface area contributed by atoms with Crippen molar-refractivity contribution in [1.29, 1.82) is 0 Å². The maximum atomic E-state index is 12.1. The molecular formula is C19H26ClN3O3. The number of rotatable bonds is 10. The molecule has 142 valence electrons. The van der Waals surface area contributed by atoms with Gasteiger partial charge in [-0.2, -0.15) is 0 Å². The molecule has 0 aliphatic heterocycles. The van der Waals surface area contributed by atoms with E-state index in [0.717, 1.165) is 22.9 Å². The quantitative estimate of drug-likeness (QED) is 0.543. The third-order valence-electron chi connectivity index (χ3n) is 3.78. The molecule has 2 rings (SSSR count). The number of methoxy groups -OCH3 is 1. The second kappa shape index (κ2) is 12.2. The smallest absolute Gasteiger partial charge is 0.239 e. The Morgan fingerprint density at radius 2 is 1.69 bits per heavy atom. The van der Waals surface area contributed by atoms with Crippen LogP contribution in [0.3, 0.4) is 0 Å². The number of benzene rings is 2. The van der Waals surface area contributed by atoms with Crippen LogP contribution in [0.15, 0.2) is 42.5 Å². The lowest BCUT2D eigenvalue weighted by Gasteiger charge is -2.09. The predicted molar refractivity (Wildman–Crippen MR) is 106 cm³/mol. The predicted octanol–water partition coefficient (Wildman–Crippen LogP) is 1.27. The Morgan fingerprint density at radius 3 is 2.50 bits per heavy atom. The van der Waals surface area contributed by atoms with Gasteiger partial charge in [0.05, 0.1) is 19.6 Å². The molecule has 7 heteroatoms. The molecule has 0 saturated heterocycles. The molecular weight excluding hydrogens is 354 g/mol. The van der Waals surface area contributed by atoms with Gasteiger partial charge in [-0.05, 0) is 16.3 Å². The minimum atomic E-state index is -0.195. The van der Waals surface area contributed by atoms with Crippen molar-refractivity contribution in [2.75, 3.05) is 39.9 Å². The Balaban J connectivity index is 0.00000338. The molecule has 26 heavy (non-hydrogen) atoms. The Hall–Kier alpha value is -2.15. The highest BCUT2D eigenvalue weighted by Gasteiger charge is 2.08. The topological polar surface area (TPSA) is 79.5 Å². The van der Waals surface area contributed by atoms with Crippen molar-refractivity contribution in [1.82, 2.24) is 16.0 Å².